The molecule has 1 aliphatic rings. The zero-order valence-corrected chi connectivity index (χ0v) is 13.4. The molecule has 1 aromatic heterocycles. The van der Waals surface area contributed by atoms with E-state index in [2.05, 4.69) is 4.98 Å². The Morgan fingerprint density at radius 2 is 2.13 bits per heavy atom. The van der Waals surface area contributed by atoms with Crippen molar-refractivity contribution in [2.24, 2.45) is 0 Å². The number of anilines is 1. The van der Waals surface area contributed by atoms with E-state index in [1.54, 1.807) is 6.92 Å². The monoisotopic (exact) mass is 338 g/mol. The minimum Gasteiger partial charge on any atom is -0.487 e. The smallest absolute Gasteiger partial charge is 0.266 e. The van der Waals surface area contributed by atoms with Gasteiger partial charge in [0.05, 0.1) is 25.5 Å². The highest BCUT2D eigenvalue weighted by atomic mass is 32.2. The molecule has 0 saturated carbocycles. The van der Waals surface area contributed by atoms with Gasteiger partial charge in [-0.3, -0.25) is 4.31 Å². The standard InChI is InChI=1S/C15H15FN2O4S/c1-10-9-18(13-5-3-11(16)7-14(13)22-10)23(19,20)12-4-6-15(21-2)17-8-12/h3-8,10H,9H2,1-2H3. The summed E-state index contributed by atoms with van der Waals surface area (Å²) in [7, 11) is -2.38. The molecule has 122 valence electrons. The Hall–Kier alpha value is -2.35. The van der Waals surface area contributed by atoms with Gasteiger partial charge in [0.2, 0.25) is 5.88 Å². The summed E-state index contributed by atoms with van der Waals surface area (Å²) in [4.78, 5) is 3.96. The highest BCUT2D eigenvalue weighted by Crippen LogP contribution is 2.37. The lowest BCUT2D eigenvalue weighted by atomic mass is 10.2. The summed E-state index contributed by atoms with van der Waals surface area (Å²) in [6, 6.07) is 6.67. The van der Waals surface area contributed by atoms with Crippen molar-refractivity contribution in [3.8, 4) is 11.6 Å². The normalized spacial score (nSPS) is 17.3. The average molecular weight is 338 g/mol. The van der Waals surface area contributed by atoms with E-state index in [0.29, 0.717) is 11.6 Å². The second kappa shape index (κ2) is 5.69. The maximum Gasteiger partial charge on any atom is 0.266 e. The number of ether oxygens (including phenoxy) is 2. The first-order chi connectivity index (χ1) is 10.9. The maximum absolute atomic E-state index is 13.4. The number of pyridine rings is 1. The first kappa shape index (κ1) is 15.5. The molecule has 1 unspecified atom stereocenters. The van der Waals surface area contributed by atoms with E-state index in [0.717, 1.165) is 0 Å². The molecule has 0 spiro atoms. The van der Waals surface area contributed by atoms with Crippen molar-refractivity contribution >= 4 is 15.7 Å². The summed E-state index contributed by atoms with van der Waals surface area (Å²) >= 11 is 0. The van der Waals surface area contributed by atoms with Gasteiger partial charge >= 0.3 is 0 Å². The molecule has 1 aromatic carbocycles. The first-order valence-corrected chi connectivity index (χ1v) is 8.35. The summed E-state index contributed by atoms with van der Waals surface area (Å²) in [6.45, 7) is 1.86. The van der Waals surface area contributed by atoms with E-state index in [4.69, 9.17) is 9.47 Å². The molecule has 0 aliphatic carbocycles. The molecular formula is C15H15FN2O4S. The molecule has 1 aliphatic heterocycles. The van der Waals surface area contributed by atoms with Gasteiger partial charge in [-0.05, 0) is 25.1 Å². The van der Waals surface area contributed by atoms with Crippen molar-refractivity contribution in [1.82, 2.24) is 4.98 Å². The summed E-state index contributed by atoms with van der Waals surface area (Å²) in [6.07, 6.45) is 0.836. The molecule has 0 amide bonds. The van der Waals surface area contributed by atoms with Gasteiger partial charge in [-0.15, -0.1) is 0 Å². The number of halogens is 1. The number of rotatable bonds is 3. The molecule has 0 saturated heterocycles. The van der Waals surface area contributed by atoms with Crippen molar-refractivity contribution in [2.45, 2.75) is 17.9 Å². The topological polar surface area (TPSA) is 68.7 Å². The van der Waals surface area contributed by atoms with Crippen LogP contribution in [0, 0.1) is 5.82 Å². The number of sulfonamides is 1. The van der Waals surface area contributed by atoms with Crippen LogP contribution in [-0.4, -0.2) is 33.2 Å². The van der Waals surface area contributed by atoms with Gasteiger partial charge in [0.1, 0.15) is 22.6 Å². The number of aromatic nitrogens is 1. The van der Waals surface area contributed by atoms with Gasteiger partial charge < -0.3 is 9.47 Å². The Balaban J connectivity index is 2.06. The highest BCUT2D eigenvalue weighted by molar-refractivity contribution is 7.92. The molecular weight excluding hydrogens is 323 g/mol. The SMILES string of the molecule is COc1ccc(S(=O)(=O)N2CC(C)Oc3cc(F)ccc32)cn1. The van der Waals surface area contributed by atoms with E-state index in [-0.39, 0.29) is 17.2 Å². The van der Waals surface area contributed by atoms with Crippen LogP contribution in [0.15, 0.2) is 41.4 Å². The van der Waals surface area contributed by atoms with Crippen LogP contribution in [-0.2, 0) is 10.0 Å². The first-order valence-electron chi connectivity index (χ1n) is 6.91. The average Bonchev–Trinajstić information content (AvgIpc) is 2.53. The van der Waals surface area contributed by atoms with Crippen LogP contribution in [0.5, 0.6) is 11.6 Å². The highest BCUT2D eigenvalue weighted by Gasteiger charge is 2.33. The molecule has 8 heteroatoms. The molecule has 0 bridgehead atoms. The third-order valence-electron chi connectivity index (χ3n) is 3.45. The Bertz CT molecular complexity index is 824. The second-order valence-electron chi connectivity index (χ2n) is 5.11. The number of nitrogens with zero attached hydrogens (tertiary/aromatic N) is 2. The van der Waals surface area contributed by atoms with Crippen molar-refractivity contribution < 1.29 is 22.3 Å². The van der Waals surface area contributed by atoms with Gasteiger partial charge in [0, 0.05) is 12.1 Å². The van der Waals surface area contributed by atoms with Crippen LogP contribution < -0.4 is 13.8 Å². The Kier molecular flexibility index (Phi) is 3.85. The maximum atomic E-state index is 13.4. The molecule has 0 N–H and O–H groups in total. The minimum atomic E-state index is -3.83. The molecule has 2 heterocycles. The fourth-order valence-electron chi connectivity index (χ4n) is 2.37. The molecule has 3 rings (SSSR count). The molecule has 2 aromatic rings. The van der Waals surface area contributed by atoms with Crippen LogP contribution in [0.2, 0.25) is 0 Å². The van der Waals surface area contributed by atoms with E-state index in [1.165, 1.54) is 47.9 Å². The molecule has 1 atom stereocenters. The van der Waals surface area contributed by atoms with E-state index in [9.17, 15) is 12.8 Å². The minimum absolute atomic E-state index is 0.0303. The summed E-state index contributed by atoms with van der Waals surface area (Å²) < 4.78 is 50.8. The van der Waals surface area contributed by atoms with Crippen LogP contribution in [0.1, 0.15) is 6.92 Å². The lowest BCUT2D eigenvalue weighted by Crippen LogP contribution is -2.42. The number of benzene rings is 1. The second-order valence-corrected chi connectivity index (χ2v) is 6.98. The van der Waals surface area contributed by atoms with E-state index < -0.39 is 21.9 Å². The Labute approximate surface area is 133 Å². The van der Waals surface area contributed by atoms with Gasteiger partial charge in [-0.1, -0.05) is 0 Å². The predicted molar refractivity (Wildman–Crippen MR) is 81.8 cm³/mol. The molecule has 6 nitrogen and oxygen atoms in total. The van der Waals surface area contributed by atoms with Crippen LogP contribution >= 0.6 is 0 Å². The third kappa shape index (κ3) is 2.81. The molecule has 0 radical (unpaired) electrons. The van der Waals surface area contributed by atoms with Crippen molar-refractivity contribution in [3.05, 3.63) is 42.3 Å². The Morgan fingerprint density at radius 3 is 2.78 bits per heavy atom. The van der Waals surface area contributed by atoms with Crippen molar-refractivity contribution in [3.63, 3.8) is 0 Å². The van der Waals surface area contributed by atoms with E-state index >= 15 is 0 Å². The van der Waals surface area contributed by atoms with Crippen LogP contribution in [0.25, 0.3) is 0 Å². The van der Waals surface area contributed by atoms with Crippen molar-refractivity contribution in [2.75, 3.05) is 18.0 Å². The quantitative estimate of drug-likeness (QED) is 0.858. The number of methoxy groups -OCH3 is 1. The van der Waals surface area contributed by atoms with Crippen LogP contribution in [0.4, 0.5) is 10.1 Å². The predicted octanol–water partition coefficient (Wildman–Crippen LogP) is 2.21. The van der Waals surface area contributed by atoms with Gasteiger partial charge in [-0.25, -0.2) is 17.8 Å². The molecule has 0 fully saturated rings. The molecule has 23 heavy (non-hydrogen) atoms. The zero-order valence-electron chi connectivity index (χ0n) is 12.6. The number of hydrogen-bond acceptors (Lipinski definition) is 5. The number of hydrogen-bond donors (Lipinski definition) is 0. The lowest BCUT2D eigenvalue weighted by molar-refractivity contribution is 0.218. The van der Waals surface area contributed by atoms with E-state index in [1.807, 2.05) is 0 Å². The lowest BCUT2D eigenvalue weighted by Gasteiger charge is -2.34. The fourth-order valence-corrected chi connectivity index (χ4v) is 3.87. The van der Waals surface area contributed by atoms with Crippen molar-refractivity contribution in [1.29, 1.82) is 0 Å². The summed E-state index contributed by atoms with van der Waals surface area (Å²) in [5, 5.41) is 0. The largest absolute Gasteiger partial charge is 0.487 e. The summed E-state index contributed by atoms with van der Waals surface area (Å²) in [5.74, 6) is 0.0388. The van der Waals surface area contributed by atoms with Gasteiger partial charge in [-0.2, -0.15) is 0 Å². The fraction of sp³-hybridized carbons (Fsp3) is 0.267. The zero-order chi connectivity index (χ0) is 16.6. The van der Waals surface area contributed by atoms with Gasteiger partial charge in [0.15, 0.2) is 0 Å². The third-order valence-corrected chi connectivity index (χ3v) is 5.21. The number of fused-ring (bicyclic) bond motifs is 1. The van der Waals surface area contributed by atoms with Crippen LogP contribution in [0.3, 0.4) is 0 Å². The van der Waals surface area contributed by atoms with Gasteiger partial charge in [0.25, 0.3) is 10.0 Å². The summed E-state index contributed by atoms with van der Waals surface area (Å²) in [5.41, 5.74) is 0.306. The Morgan fingerprint density at radius 1 is 1.35 bits per heavy atom.